The highest BCUT2D eigenvalue weighted by molar-refractivity contribution is 7.86. The average Bonchev–Trinajstić information content (AvgIpc) is 1.59. The second-order valence-electron chi connectivity index (χ2n) is 1.32. The second-order valence-corrected chi connectivity index (χ2v) is 2.81. The summed E-state index contributed by atoms with van der Waals surface area (Å²) in [6.07, 6.45) is 1.54. The van der Waals surface area contributed by atoms with Crippen LogP contribution in [0.15, 0.2) is 12.7 Å². The fourth-order valence-corrected chi connectivity index (χ4v) is 0.672. The number of allylic oxidation sites excluding steroid dienone is 1. The Hall–Kier alpha value is -0.380. The van der Waals surface area contributed by atoms with E-state index in [9.17, 15) is 12.3 Å². The number of hydrogen-bond donors (Lipinski definition) is 0. The Labute approximate surface area is 48.2 Å². The van der Waals surface area contributed by atoms with Gasteiger partial charge in [0.1, 0.15) is 0 Å². The van der Waals surface area contributed by atoms with Gasteiger partial charge >= 0.3 is 10.2 Å². The molecule has 0 unspecified atom stereocenters. The zero-order valence-electron chi connectivity index (χ0n) is 4.30. The van der Waals surface area contributed by atoms with Crippen LogP contribution >= 0.6 is 0 Å². The molecule has 0 saturated heterocycles. The highest BCUT2D eigenvalue weighted by Crippen LogP contribution is 1.93. The van der Waals surface area contributed by atoms with Crippen molar-refractivity contribution in [1.29, 1.82) is 0 Å². The molecule has 0 spiro atoms. The maximum absolute atomic E-state index is 11.5. The Bertz CT molecular complexity index is 159. The van der Waals surface area contributed by atoms with E-state index in [-0.39, 0.29) is 6.42 Å². The molecule has 0 aromatic heterocycles. The summed E-state index contributed by atoms with van der Waals surface area (Å²) in [7, 11) is -4.26. The van der Waals surface area contributed by atoms with Crippen LogP contribution in [0.4, 0.5) is 3.89 Å². The van der Waals surface area contributed by atoms with Crippen molar-refractivity contribution in [2.45, 2.75) is 6.42 Å². The Morgan fingerprint density at radius 2 is 2.12 bits per heavy atom. The molecule has 0 aromatic rings. The first-order chi connectivity index (χ1) is 3.56. The van der Waals surface area contributed by atoms with Crippen molar-refractivity contribution in [2.75, 3.05) is 5.75 Å². The minimum absolute atomic E-state index is 0.179. The van der Waals surface area contributed by atoms with Crippen molar-refractivity contribution in [1.82, 2.24) is 0 Å². The largest absolute Gasteiger partial charge is 0.302 e. The molecule has 0 atom stereocenters. The van der Waals surface area contributed by atoms with Crippen molar-refractivity contribution < 1.29 is 12.3 Å². The molecule has 0 aliphatic rings. The van der Waals surface area contributed by atoms with E-state index in [1.807, 2.05) is 0 Å². The summed E-state index contributed by atoms with van der Waals surface area (Å²) in [4.78, 5) is 0. The number of halogens is 1. The average molecular weight is 138 g/mol. The van der Waals surface area contributed by atoms with Gasteiger partial charge in [0, 0.05) is 0 Å². The first-order valence-electron chi connectivity index (χ1n) is 2.09. The van der Waals surface area contributed by atoms with Gasteiger partial charge in [-0.1, -0.05) is 6.08 Å². The van der Waals surface area contributed by atoms with E-state index in [0.717, 1.165) is 0 Å². The Balaban J connectivity index is 3.57. The first-order valence-corrected chi connectivity index (χ1v) is 3.65. The number of rotatable bonds is 3. The predicted octanol–water partition coefficient (Wildman–Crippen LogP) is 0.862. The molecule has 0 aromatic carbocycles. The molecule has 0 bridgehead atoms. The molecule has 0 radical (unpaired) electrons. The zero-order valence-corrected chi connectivity index (χ0v) is 5.12. The van der Waals surface area contributed by atoms with Crippen LogP contribution in [0.2, 0.25) is 0 Å². The Kier molecular flexibility index (Phi) is 2.68. The van der Waals surface area contributed by atoms with E-state index in [2.05, 4.69) is 6.58 Å². The van der Waals surface area contributed by atoms with Crippen LogP contribution in [0.1, 0.15) is 6.42 Å². The quantitative estimate of drug-likeness (QED) is 0.428. The van der Waals surface area contributed by atoms with Crippen molar-refractivity contribution in [3.63, 3.8) is 0 Å². The normalized spacial score (nSPS) is 11.1. The Morgan fingerprint density at radius 3 is 2.25 bits per heavy atom. The summed E-state index contributed by atoms with van der Waals surface area (Å²) in [6.45, 7) is 3.23. The van der Waals surface area contributed by atoms with Crippen LogP contribution in [-0.4, -0.2) is 14.2 Å². The summed E-state index contributed by atoms with van der Waals surface area (Å²) < 4.78 is 30.9. The maximum Gasteiger partial charge on any atom is 0.302 e. The molecule has 0 amide bonds. The third kappa shape index (κ3) is 5.62. The molecule has 0 saturated carbocycles. The molecule has 0 aliphatic heterocycles. The summed E-state index contributed by atoms with van der Waals surface area (Å²) in [6, 6.07) is 0. The zero-order chi connectivity index (χ0) is 6.62. The predicted molar refractivity (Wildman–Crippen MR) is 29.7 cm³/mol. The van der Waals surface area contributed by atoms with Gasteiger partial charge < -0.3 is 0 Å². The van der Waals surface area contributed by atoms with E-state index in [0.29, 0.717) is 0 Å². The van der Waals surface area contributed by atoms with Crippen molar-refractivity contribution in [3.05, 3.63) is 12.7 Å². The van der Waals surface area contributed by atoms with Gasteiger partial charge in [0.2, 0.25) is 0 Å². The number of hydrogen-bond acceptors (Lipinski definition) is 2. The smallest absolute Gasteiger partial charge is 0.195 e. The minimum atomic E-state index is -4.26. The molecule has 0 aliphatic carbocycles. The summed E-state index contributed by atoms with van der Waals surface area (Å²) in [5.41, 5.74) is 0. The lowest BCUT2D eigenvalue weighted by Gasteiger charge is -1.84. The highest BCUT2D eigenvalue weighted by atomic mass is 32.3. The van der Waals surface area contributed by atoms with Crippen LogP contribution in [0.5, 0.6) is 0 Å². The summed E-state index contributed by atoms with van der Waals surface area (Å²) >= 11 is 0. The van der Waals surface area contributed by atoms with E-state index >= 15 is 0 Å². The lowest BCUT2D eigenvalue weighted by molar-refractivity contribution is 0.552. The van der Waals surface area contributed by atoms with Gasteiger partial charge in [0.05, 0.1) is 5.75 Å². The molecule has 48 valence electrons. The van der Waals surface area contributed by atoms with Gasteiger partial charge in [-0.2, -0.15) is 8.42 Å². The van der Waals surface area contributed by atoms with Crippen LogP contribution in [-0.2, 0) is 10.2 Å². The van der Waals surface area contributed by atoms with E-state index in [4.69, 9.17) is 0 Å². The standard InChI is InChI=1S/C4H7FO2S/c1-2-3-4-8(5,6)7/h2H,1,3-4H2. The van der Waals surface area contributed by atoms with E-state index < -0.39 is 16.0 Å². The van der Waals surface area contributed by atoms with Crippen LogP contribution in [0.3, 0.4) is 0 Å². The first kappa shape index (κ1) is 7.62. The summed E-state index contributed by atoms with van der Waals surface area (Å²) in [5.74, 6) is -0.448. The lowest BCUT2D eigenvalue weighted by Crippen LogP contribution is -1.95. The van der Waals surface area contributed by atoms with Gasteiger partial charge in [0.25, 0.3) is 0 Å². The molecule has 2 nitrogen and oxygen atoms in total. The third-order valence-electron chi connectivity index (χ3n) is 0.566. The fourth-order valence-electron chi connectivity index (χ4n) is 0.224. The third-order valence-corrected chi connectivity index (χ3v) is 1.29. The van der Waals surface area contributed by atoms with Crippen molar-refractivity contribution in [3.8, 4) is 0 Å². The fraction of sp³-hybridized carbons (Fsp3) is 0.500. The molecule has 0 heterocycles. The highest BCUT2D eigenvalue weighted by Gasteiger charge is 2.02. The Morgan fingerprint density at radius 1 is 1.62 bits per heavy atom. The van der Waals surface area contributed by atoms with Gasteiger partial charge in [0.15, 0.2) is 0 Å². The molecule has 0 N–H and O–H groups in total. The van der Waals surface area contributed by atoms with Gasteiger partial charge in [-0.25, -0.2) is 0 Å². The van der Waals surface area contributed by atoms with Gasteiger partial charge in [-0.15, -0.1) is 10.5 Å². The topological polar surface area (TPSA) is 34.1 Å². The molecular formula is C4H7FO2S. The lowest BCUT2D eigenvalue weighted by atomic mass is 10.5. The monoisotopic (exact) mass is 138 g/mol. The minimum Gasteiger partial charge on any atom is -0.195 e. The molecule has 8 heavy (non-hydrogen) atoms. The van der Waals surface area contributed by atoms with Crippen LogP contribution in [0.25, 0.3) is 0 Å². The SMILES string of the molecule is C=CCCS(=O)(=O)F. The van der Waals surface area contributed by atoms with Crippen LogP contribution in [0, 0.1) is 0 Å². The molecular weight excluding hydrogens is 131 g/mol. The van der Waals surface area contributed by atoms with Gasteiger partial charge in [-0.3, -0.25) is 0 Å². The molecule has 4 heteroatoms. The molecule has 0 fully saturated rings. The van der Waals surface area contributed by atoms with Crippen molar-refractivity contribution >= 4 is 10.2 Å². The summed E-state index contributed by atoms with van der Waals surface area (Å²) in [5, 5.41) is 0. The van der Waals surface area contributed by atoms with Crippen LogP contribution < -0.4 is 0 Å². The van der Waals surface area contributed by atoms with Crippen molar-refractivity contribution in [2.24, 2.45) is 0 Å². The van der Waals surface area contributed by atoms with E-state index in [1.165, 1.54) is 6.08 Å². The maximum atomic E-state index is 11.5. The second kappa shape index (κ2) is 2.81. The van der Waals surface area contributed by atoms with Gasteiger partial charge in [-0.05, 0) is 6.42 Å². The molecule has 0 rings (SSSR count). The van der Waals surface area contributed by atoms with E-state index in [1.54, 1.807) is 0 Å².